The highest BCUT2D eigenvalue weighted by Gasteiger charge is 2.25. The molecule has 2 heteroatoms. The largest absolute Gasteiger partial charge is 0.399 e. The van der Waals surface area contributed by atoms with Crippen LogP contribution in [0.2, 0.25) is 0 Å². The van der Waals surface area contributed by atoms with Gasteiger partial charge in [-0.1, -0.05) is 12.1 Å². The zero-order valence-electron chi connectivity index (χ0n) is 9.44. The first-order chi connectivity index (χ1) is 7.15. The Balaban J connectivity index is 2.12. The van der Waals surface area contributed by atoms with Crippen molar-refractivity contribution in [3.05, 3.63) is 29.8 Å². The van der Waals surface area contributed by atoms with Crippen LogP contribution in [-0.4, -0.2) is 12.2 Å². The van der Waals surface area contributed by atoms with Gasteiger partial charge in [0.2, 0.25) is 0 Å². The molecule has 0 spiro atoms. The monoisotopic (exact) mass is 205 g/mol. The Labute approximate surface area is 91.4 Å². The van der Waals surface area contributed by atoms with E-state index in [4.69, 9.17) is 10.5 Å². The molecule has 2 N–H and O–H groups in total. The highest BCUT2D eigenvalue weighted by Crippen LogP contribution is 2.33. The van der Waals surface area contributed by atoms with Crippen LogP contribution in [0.3, 0.4) is 0 Å². The number of anilines is 1. The van der Waals surface area contributed by atoms with E-state index < -0.39 is 0 Å². The van der Waals surface area contributed by atoms with Crippen molar-refractivity contribution in [3.63, 3.8) is 0 Å². The van der Waals surface area contributed by atoms with E-state index in [1.165, 1.54) is 5.56 Å². The van der Waals surface area contributed by atoms with Crippen LogP contribution in [-0.2, 0) is 4.74 Å². The van der Waals surface area contributed by atoms with Gasteiger partial charge in [0, 0.05) is 5.69 Å². The molecule has 1 aromatic carbocycles. The molecule has 2 atom stereocenters. The number of ether oxygens (including phenoxy) is 1. The standard InChI is InChI=1S/C13H19NO/c1-9-7-12(8-10(2)15-9)11-3-5-13(14)6-4-11/h3-6,9-10,12H,7-8,14H2,1-2H3. The molecular weight excluding hydrogens is 186 g/mol. The summed E-state index contributed by atoms with van der Waals surface area (Å²) in [5.41, 5.74) is 7.92. The summed E-state index contributed by atoms with van der Waals surface area (Å²) in [4.78, 5) is 0. The van der Waals surface area contributed by atoms with E-state index in [1.807, 2.05) is 12.1 Å². The highest BCUT2D eigenvalue weighted by atomic mass is 16.5. The maximum atomic E-state index is 5.74. The summed E-state index contributed by atoms with van der Waals surface area (Å²) >= 11 is 0. The summed E-state index contributed by atoms with van der Waals surface area (Å²) in [6.45, 7) is 4.31. The molecular formula is C13H19NO. The molecule has 1 saturated heterocycles. The number of hydrogen-bond donors (Lipinski definition) is 1. The van der Waals surface area contributed by atoms with Crippen LogP contribution in [0.15, 0.2) is 24.3 Å². The first-order valence-corrected chi connectivity index (χ1v) is 5.66. The van der Waals surface area contributed by atoms with E-state index in [0.717, 1.165) is 18.5 Å². The molecule has 2 rings (SSSR count). The molecule has 1 aromatic rings. The Morgan fingerprint density at radius 1 is 1.07 bits per heavy atom. The molecule has 0 bridgehead atoms. The first-order valence-electron chi connectivity index (χ1n) is 5.66. The Bertz CT molecular complexity index is 310. The van der Waals surface area contributed by atoms with Gasteiger partial charge in [-0.2, -0.15) is 0 Å². The number of hydrogen-bond acceptors (Lipinski definition) is 2. The third kappa shape index (κ3) is 2.51. The van der Waals surface area contributed by atoms with Gasteiger partial charge in [0.05, 0.1) is 12.2 Å². The van der Waals surface area contributed by atoms with Gasteiger partial charge in [0.15, 0.2) is 0 Å². The fourth-order valence-electron chi connectivity index (χ4n) is 2.45. The number of nitrogens with two attached hydrogens (primary N) is 1. The van der Waals surface area contributed by atoms with Gasteiger partial charge < -0.3 is 10.5 Å². The van der Waals surface area contributed by atoms with Crippen molar-refractivity contribution in [1.82, 2.24) is 0 Å². The smallest absolute Gasteiger partial charge is 0.0556 e. The van der Waals surface area contributed by atoms with Crippen molar-refractivity contribution >= 4 is 5.69 Å². The quantitative estimate of drug-likeness (QED) is 0.715. The average Bonchev–Trinajstić information content (AvgIpc) is 2.17. The van der Waals surface area contributed by atoms with E-state index in [1.54, 1.807) is 0 Å². The number of rotatable bonds is 1. The third-order valence-corrected chi connectivity index (χ3v) is 3.11. The molecule has 2 nitrogen and oxygen atoms in total. The Hall–Kier alpha value is -1.02. The van der Waals surface area contributed by atoms with Gasteiger partial charge in [-0.05, 0) is 50.3 Å². The Morgan fingerprint density at radius 3 is 2.13 bits per heavy atom. The van der Waals surface area contributed by atoms with Crippen LogP contribution in [0.1, 0.15) is 38.2 Å². The number of benzene rings is 1. The fraction of sp³-hybridized carbons (Fsp3) is 0.538. The van der Waals surface area contributed by atoms with Crippen LogP contribution in [0.5, 0.6) is 0 Å². The zero-order chi connectivity index (χ0) is 10.8. The summed E-state index contributed by atoms with van der Waals surface area (Å²) in [5.74, 6) is 0.629. The Kier molecular flexibility index (Phi) is 2.96. The summed E-state index contributed by atoms with van der Waals surface area (Å²) in [5, 5.41) is 0. The SMILES string of the molecule is CC1CC(c2ccc(N)cc2)CC(C)O1. The normalized spacial score (nSPS) is 31.5. The lowest BCUT2D eigenvalue weighted by Crippen LogP contribution is -2.28. The predicted molar refractivity (Wildman–Crippen MR) is 62.8 cm³/mol. The fourth-order valence-corrected chi connectivity index (χ4v) is 2.45. The molecule has 0 amide bonds. The van der Waals surface area contributed by atoms with Gasteiger partial charge in [0.1, 0.15) is 0 Å². The second kappa shape index (κ2) is 4.23. The van der Waals surface area contributed by atoms with Crippen LogP contribution in [0.25, 0.3) is 0 Å². The molecule has 82 valence electrons. The first kappa shape index (κ1) is 10.5. The van der Waals surface area contributed by atoms with Crippen molar-refractivity contribution in [1.29, 1.82) is 0 Å². The summed E-state index contributed by atoms with van der Waals surface area (Å²) in [6, 6.07) is 8.26. The summed E-state index contributed by atoms with van der Waals surface area (Å²) < 4.78 is 5.74. The minimum atomic E-state index is 0.372. The molecule has 2 unspecified atom stereocenters. The van der Waals surface area contributed by atoms with Crippen LogP contribution in [0, 0.1) is 0 Å². The van der Waals surface area contributed by atoms with Crippen molar-refractivity contribution in [2.45, 2.75) is 44.8 Å². The third-order valence-electron chi connectivity index (χ3n) is 3.11. The lowest BCUT2D eigenvalue weighted by molar-refractivity contribution is -0.0380. The minimum Gasteiger partial charge on any atom is -0.399 e. The van der Waals surface area contributed by atoms with Crippen molar-refractivity contribution < 1.29 is 4.74 Å². The second-order valence-corrected chi connectivity index (χ2v) is 4.59. The molecule has 1 heterocycles. The van der Waals surface area contributed by atoms with Crippen LogP contribution < -0.4 is 5.73 Å². The highest BCUT2D eigenvalue weighted by molar-refractivity contribution is 5.40. The molecule has 0 aromatic heterocycles. The maximum Gasteiger partial charge on any atom is 0.0556 e. The van der Waals surface area contributed by atoms with Gasteiger partial charge in [0.25, 0.3) is 0 Å². The van der Waals surface area contributed by atoms with Crippen molar-refractivity contribution in [3.8, 4) is 0 Å². The van der Waals surface area contributed by atoms with Gasteiger partial charge in [-0.25, -0.2) is 0 Å². The average molecular weight is 205 g/mol. The molecule has 1 aliphatic rings. The topological polar surface area (TPSA) is 35.2 Å². The van der Waals surface area contributed by atoms with Crippen LogP contribution in [0.4, 0.5) is 5.69 Å². The van der Waals surface area contributed by atoms with E-state index >= 15 is 0 Å². The van der Waals surface area contributed by atoms with E-state index in [-0.39, 0.29) is 0 Å². The zero-order valence-corrected chi connectivity index (χ0v) is 9.44. The molecule has 0 aliphatic carbocycles. The van der Waals surface area contributed by atoms with E-state index in [9.17, 15) is 0 Å². The molecule has 1 aliphatic heterocycles. The van der Waals surface area contributed by atoms with Crippen LogP contribution >= 0.6 is 0 Å². The minimum absolute atomic E-state index is 0.372. The van der Waals surface area contributed by atoms with Gasteiger partial charge in [-0.15, -0.1) is 0 Å². The molecule has 15 heavy (non-hydrogen) atoms. The van der Waals surface area contributed by atoms with Gasteiger partial charge in [-0.3, -0.25) is 0 Å². The van der Waals surface area contributed by atoms with E-state index in [2.05, 4.69) is 26.0 Å². The van der Waals surface area contributed by atoms with Gasteiger partial charge >= 0.3 is 0 Å². The molecule has 1 fully saturated rings. The molecule has 0 radical (unpaired) electrons. The lowest BCUT2D eigenvalue weighted by Gasteiger charge is -2.32. The van der Waals surface area contributed by atoms with E-state index in [0.29, 0.717) is 18.1 Å². The maximum absolute atomic E-state index is 5.74. The summed E-state index contributed by atoms with van der Waals surface area (Å²) in [6.07, 6.45) is 2.98. The lowest BCUT2D eigenvalue weighted by atomic mass is 9.86. The number of nitrogen functional groups attached to an aromatic ring is 1. The van der Waals surface area contributed by atoms with Crippen molar-refractivity contribution in [2.75, 3.05) is 5.73 Å². The second-order valence-electron chi connectivity index (χ2n) is 4.59. The van der Waals surface area contributed by atoms with Crippen molar-refractivity contribution in [2.24, 2.45) is 0 Å². The summed E-state index contributed by atoms with van der Waals surface area (Å²) in [7, 11) is 0. The molecule has 0 saturated carbocycles. The predicted octanol–water partition coefficient (Wildman–Crippen LogP) is 2.94. The Morgan fingerprint density at radius 2 is 1.60 bits per heavy atom.